The van der Waals surface area contributed by atoms with Gasteiger partial charge in [-0.25, -0.2) is 4.79 Å². The first kappa shape index (κ1) is 13.1. The first-order valence-corrected chi connectivity index (χ1v) is 4.99. The standard InChI is InChI=1S/C9H14N4O4/c1-5-11-8(17-13-5)4-10-3-7(9(15)16)12-6(2)14/h7,10H,3-4H2,1-2H3,(H,12,14)(H,15,16). The van der Waals surface area contributed by atoms with Crippen LogP contribution in [0.1, 0.15) is 18.6 Å². The Bertz CT molecular complexity index is 403. The van der Waals surface area contributed by atoms with Gasteiger partial charge in [0, 0.05) is 13.5 Å². The molecule has 17 heavy (non-hydrogen) atoms. The van der Waals surface area contributed by atoms with Gasteiger partial charge in [0.25, 0.3) is 0 Å². The smallest absolute Gasteiger partial charge is 0.327 e. The van der Waals surface area contributed by atoms with Gasteiger partial charge in [-0.15, -0.1) is 0 Å². The number of nitrogens with zero attached hydrogens (tertiary/aromatic N) is 2. The third-order valence-electron chi connectivity index (χ3n) is 1.87. The molecule has 0 aliphatic heterocycles. The van der Waals surface area contributed by atoms with E-state index in [0.29, 0.717) is 11.7 Å². The van der Waals surface area contributed by atoms with E-state index in [1.165, 1.54) is 6.92 Å². The van der Waals surface area contributed by atoms with E-state index in [1.54, 1.807) is 6.92 Å². The third-order valence-corrected chi connectivity index (χ3v) is 1.87. The first-order valence-electron chi connectivity index (χ1n) is 4.99. The minimum absolute atomic E-state index is 0.0797. The van der Waals surface area contributed by atoms with E-state index in [9.17, 15) is 9.59 Å². The molecule has 8 nitrogen and oxygen atoms in total. The highest BCUT2D eigenvalue weighted by molar-refractivity contribution is 5.82. The van der Waals surface area contributed by atoms with E-state index in [1.807, 2.05) is 0 Å². The Balaban J connectivity index is 2.37. The summed E-state index contributed by atoms with van der Waals surface area (Å²) in [6.07, 6.45) is 0. The third kappa shape index (κ3) is 4.60. The molecule has 1 aromatic heterocycles. The molecule has 1 heterocycles. The number of carbonyl (C=O) groups is 2. The van der Waals surface area contributed by atoms with Crippen LogP contribution in [0.4, 0.5) is 0 Å². The summed E-state index contributed by atoms with van der Waals surface area (Å²) in [5, 5.41) is 17.5. The second-order valence-electron chi connectivity index (χ2n) is 3.46. The quantitative estimate of drug-likeness (QED) is 0.589. The molecular weight excluding hydrogens is 228 g/mol. The summed E-state index contributed by atoms with van der Waals surface area (Å²) in [5.74, 6) is -0.616. The van der Waals surface area contributed by atoms with Crippen molar-refractivity contribution in [1.29, 1.82) is 0 Å². The lowest BCUT2D eigenvalue weighted by atomic mass is 10.3. The second kappa shape index (κ2) is 5.94. The molecule has 3 N–H and O–H groups in total. The van der Waals surface area contributed by atoms with Gasteiger partial charge in [0.15, 0.2) is 5.82 Å². The molecule has 8 heteroatoms. The van der Waals surface area contributed by atoms with E-state index in [-0.39, 0.29) is 13.1 Å². The maximum Gasteiger partial charge on any atom is 0.327 e. The average Bonchev–Trinajstić information content (AvgIpc) is 2.62. The van der Waals surface area contributed by atoms with Gasteiger partial charge in [0.2, 0.25) is 11.8 Å². The Labute approximate surface area is 97.4 Å². The molecule has 1 atom stereocenters. The molecule has 0 saturated carbocycles. The number of aryl methyl sites for hydroxylation is 1. The molecule has 0 aliphatic carbocycles. The number of carboxylic acids is 1. The fraction of sp³-hybridized carbons (Fsp3) is 0.556. The highest BCUT2D eigenvalue weighted by Crippen LogP contribution is 1.94. The Morgan fingerprint density at radius 3 is 2.71 bits per heavy atom. The van der Waals surface area contributed by atoms with Gasteiger partial charge in [-0.05, 0) is 6.92 Å². The van der Waals surface area contributed by atoms with Crippen LogP contribution >= 0.6 is 0 Å². The summed E-state index contributed by atoms with van der Waals surface area (Å²) in [6.45, 7) is 3.28. The lowest BCUT2D eigenvalue weighted by molar-refractivity contribution is -0.141. The number of carbonyl (C=O) groups excluding carboxylic acids is 1. The van der Waals surface area contributed by atoms with E-state index < -0.39 is 17.9 Å². The molecule has 0 aromatic carbocycles. The van der Waals surface area contributed by atoms with Crippen molar-refractivity contribution in [2.75, 3.05) is 6.54 Å². The van der Waals surface area contributed by atoms with Crippen LogP contribution in [-0.4, -0.2) is 39.7 Å². The van der Waals surface area contributed by atoms with Crippen LogP contribution in [0.5, 0.6) is 0 Å². The molecule has 1 amide bonds. The van der Waals surface area contributed by atoms with Gasteiger partial charge in [0.1, 0.15) is 6.04 Å². The minimum Gasteiger partial charge on any atom is -0.480 e. The van der Waals surface area contributed by atoms with Gasteiger partial charge >= 0.3 is 5.97 Å². The number of hydrogen-bond acceptors (Lipinski definition) is 6. The lowest BCUT2D eigenvalue weighted by Gasteiger charge is -2.12. The molecule has 0 fully saturated rings. The lowest BCUT2D eigenvalue weighted by Crippen LogP contribution is -2.46. The van der Waals surface area contributed by atoms with Crippen molar-refractivity contribution in [2.45, 2.75) is 26.4 Å². The number of aromatic nitrogens is 2. The Morgan fingerprint density at radius 1 is 1.53 bits per heavy atom. The van der Waals surface area contributed by atoms with E-state index in [4.69, 9.17) is 9.63 Å². The summed E-state index contributed by atoms with van der Waals surface area (Å²) in [7, 11) is 0. The second-order valence-corrected chi connectivity index (χ2v) is 3.46. The van der Waals surface area contributed by atoms with Crippen molar-refractivity contribution < 1.29 is 19.2 Å². The number of aliphatic carboxylic acids is 1. The van der Waals surface area contributed by atoms with Crippen molar-refractivity contribution in [3.63, 3.8) is 0 Å². The largest absolute Gasteiger partial charge is 0.480 e. The van der Waals surface area contributed by atoms with Crippen molar-refractivity contribution in [1.82, 2.24) is 20.8 Å². The van der Waals surface area contributed by atoms with Gasteiger partial charge in [-0.3, -0.25) is 4.79 Å². The predicted octanol–water partition coefficient (Wildman–Crippen LogP) is -0.943. The summed E-state index contributed by atoms with van der Waals surface area (Å²) in [6, 6.07) is -0.975. The zero-order chi connectivity index (χ0) is 12.8. The van der Waals surface area contributed by atoms with E-state index in [2.05, 4.69) is 20.8 Å². The van der Waals surface area contributed by atoms with Crippen molar-refractivity contribution >= 4 is 11.9 Å². The van der Waals surface area contributed by atoms with E-state index >= 15 is 0 Å². The summed E-state index contributed by atoms with van der Waals surface area (Å²) < 4.78 is 4.83. The molecule has 0 radical (unpaired) electrons. The SMILES string of the molecule is CC(=O)NC(CNCc1nc(C)no1)C(=O)O. The normalized spacial score (nSPS) is 12.1. The van der Waals surface area contributed by atoms with Crippen molar-refractivity contribution in [3.8, 4) is 0 Å². The summed E-state index contributed by atoms with van der Waals surface area (Å²) in [5.41, 5.74) is 0. The van der Waals surface area contributed by atoms with Crippen molar-refractivity contribution in [3.05, 3.63) is 11.7 Å². The van der Waals surface area contributed by atoms with Crippen molar-refractivity contribution in [2.24, 2.45) is 0 Å². The van der Waals surface area contributed by atoms with Crippen LogP contribution < -0.4 is 10.6 Å². The molecular formula is C9H14N4O4. The fourth-order valence-corrected chi connectivity index (χ4v) is 1.18. The maximum atomic E-state index is 10.8. The average molecular weight is 242 g/mol. The molecule has 1 aromatic rings. The van der Waals surface area contributed by atoms with Crippen LogP contribution in [0.15, 0.2) is 4.52 Å². The molecule has 1 rings (SSSR count). The minimum atomic E-state index is -1.10. The number of hydrogen-bond donors (Lipinski definition) is 3. The van der Waals surface area contributed by atoms with Crippen LogP contribution in [0.3, 0.4) is 0 Å². The Kier molecular flexibility index (Phi) is 4.58. The monoisotopic (exact) mass is 242 g/mol. The fourth-order valence-electron chi connectivity index (χ4n) is 1.18. The number of rotatable bonds is 6. The maximum absolute atomic E-state index is 10.8. The topological polar surface area (TPSA) is 117 Å². The summed E-state index contributed by atoms with van der Waals surface area (Å²) in [4.78, 5) is 25.5. The van der Waals surface area contributed by atoms with Gasteiger partial charge in [0.05, 0.1) is 6.54 Å². The molecule has 94 valence electrons. The van der Waals surface area contributed by atoms with Gasteiger partial charge < -0.3 is 20.3 Å². The van der Waals surface area contributed by atoms with Crippen LogP contribution in [0, 0.1) is 6.92 Å². The molecule has 1 unspecified atom stereocenters. The first-order chi connectivity index (χ1) is 7.99. The number of carboxylic acid groups (broad SMARTS) is 1. The molecule has 0 saturated heterocycles. The number of nitrogens with one attached hydrogen (secondary N) is 2. The van der Waals surface area contributed by atoms with Gasteiger partial charge in [-0.2, -0.15) is 4.98 Å². The van der Waals surface area contributed by atoms with E-state index in [0.717, 1.165) is 0 Å². The van der Waals surface area contributed by atoms with Gasteiger partial charge in [-0.1, -0.05) is 5.16 Å². The van der Waals surface area contributed by atoms with Crippen LogP contribution in [0.2, 0.25) is 0 Å². The predicted molar refractivity (Wildman–Crippen MR) is 56.0 cm³/mol. The molecule has 0 bridgehead atoms. The highest BCUT2D eigenvalue weighted by atomic mass is 16.5. The van der Waals surface area contributed by atoms with Crippen LogP contribution in [-0.2, 0) is 16.1 Å². The Morgan fingerprint density at radius 2 is 2.24 bits per heavy atom. The molecule has 0 aliphatic rings. The Hall–Kier alpha value is -1.96. The van der Waals surface area contributed by atoms with Crippen LogP contribution in [0.25, 0.3) is 0 Å². The summed E-state index contributed by atoms with van der Waals surface area (Å²) >= 11 is 0. The highest BCUT2D eigenvalue weighted by Gasteiger charge is 2.17. The zero-order valence-electron chi connectivity index (χ0n) is 9.56. The molecule has 0 spiro atoms. The zero-order valence-corrected chi connectivity index (χ0v) is 9.56. The number of amides is 1.